The zero-order chi connectivity index (χ0) is 15.1. The number of methoxy groups -OCH3 is 1. The summed E-state index contributed by atoms with van der Waals surface area (Å²) in [6, 6.07) is 3.58. The first kappa shape index (κ1) is 16.3. The number of halogens is 1. The van der Waals surface area contributed by atoms with Crippen LogP contribution < -0.4 is 10.6 Å². The number of carbonyl (C=O) groups excluding carboxylic acids is 1. The molecular formula is C13H17ClN2O4. The van der Waals surface area contributed by atoms with Crippen LogP contribution in [0.15, 0.2) is 18.2 Å². The second-order valence-electron chi connectivity index (χ2n) is 4.19. The SMILES string of the molecule is CCC(COC)NC(=O)Nc1cc(Cl)cc(C(=O)O)c1. The normalized spacial score (nSPS) is 11.8. The lowest BCUT2D eigenvalue weighted by Crippen LogP contribution is -2.40. The molecule has 0 spiro atoms. The van der Waals surface area contributed by atoms with Crippen LogP contribution in [0.1, 0.15) is 23.7 Å². The average Bonchev–Trinajstić information content (AvgIpc) is 2.37. The van der Waals surface area contributed by atoms with Gasteiger partial charge in [-0.05, 0) is 24.6 Å². The molecule has 1 aromatic carbocycles. The Morgan fingerprint density at radius 1 is 1.40 bits per heavy atom. The van der Waals surface area contributed by atoms with Crippen molar-refractivity contribution in [3.05, 3.63) is 28.8 Å². The van der Waals surface area contributed by atoms with Gasteiger partial charge in [-0.2, -0.15) is 0 Å². The highest BCUT2D eigenvalue weighted by Crippen LogP contribution is 2.19. The van der Waals surface area contributed by atoms with Crippen LogP contribution in [0.25, 0.3) is 0 Å². The van der Waals surface area contributed by atoms with Crippen molar-refractivity contribution >= 4 is 29.3 Å². The summed E-state index contributed by atoms with van der Waals surface area (Å²) in [7, 11) is 1.55. The maximum Gasteiger partial charge on any atom is 0.335 e. The van der Waals surface area contributed by atoms with Crippen LogP contribution in [-0.4, -0.2) is 36.9 Å². The average molecular weight is 301 g/mol. The van der Waals surface area contributed by atoms with Crippen molar-refractivity contribution in [1.82, 2.24) is 5.32 Å². The number of urea groups is 1. The van der Waals surface area contributed by atoms with Crippen molar-refractivity contribution in [2.75, 3.05) is 19.0 Å². The first-order valence-corrected chi connectivity index (χ1v) is 6.44. The number of carboxylic acid groups (broad SMARTS) is 1. The minimum absolute atomic E-state index is 0.0109. The number of hydrogen-bond acceptors (Lipinski definition) is 3. The third kappa shape index (κ3) is 5.07. The first-order valence-electron chi connectivity index (χ1n) is 6.06. The molecule has 20 heavy (non-hydrogen) atoms. The van der Waals surface area contributed by atoms with E-state index in [0.29, 0.717) is 12.3 Å². The van der Waals surface area contributed by atoms with Crippen LogP contribution >= 0.6 is 11.6 Å². The highest BCUT2D eigenvalue weighted by atomic mass is 35.5. The second kappa shape index (κ2) is 7.72. The van der Waals surface area contributed by atoms with Crippen LogP contribution in [0.2, 0.25) is 5.02 Å². The summed E-state index contributed by atoms with van der Waals surface area (Å²) in [6.45, 7) is 2.33. The molecule has 3 N–H and O–H groups in total. The lowest BCUT2D eigenvalue weighted by Gasteiger charge is -2.16. The first-order chi connectivity index (χ1) is 9.46. The number of amides is 2. The van der Waals surface area contributed by atoms with Crippen molar-refractivity contribution in [1.29, 1.82) is 0 Å². The van der Waals surface area contributed by atoms with E-state index in [9.17, 15) is 9.59 Å². The third-order valence-corrected chi connectivity index (χ3v) is 2.82. The van der Waals surface area contributed by atoms with Crippen LogP contribution in [0, 0.1) is 0 Å². The summed E-state index contributed by atoms with van der Waals surface area (Å²) in [5.74, 6) is -1.11. The number of anilines is 1. The third-order valence-electron chi connectivity index (χ3n) is 2.60. The van der Waals surface area contributed by atoms with Gasteiger partial charge < -0.3 is 20.5 Å². The Hall–Kier alpha value is -1.79. The lowest BCUT2D eigenvalue weighted by atomic mass is 10.2. The molecule has 1 aromatic rings. The Balaban J connectivity index is 2.72. The fourth-order valence-electron chi connectivity index (χ4n) is 1.60. The Morgan fingerprint density at radius 2 is 2.10 bits per heavy atom. The van der Waals surface area contributed by atoms with Gasteiger partial charge in [0.1, 0.15) is 0 Å². The van der Waals surface area contributed by atoms with Gasteiger partial charge in [-0.15, -0.1) is 0 Å². The fourth-order valence-corrected chi connectivity index (χ4v) is 1.84. The smallest absolute Gasteiger partial charge is 0.335 e. The van der Waals surface area contributed by atoms with Crippen LogP contribution in [0.5, 0.6) is 0 Å². The molecule has 0 radical (unpaired) electrons. The van der Waals surface area contributed by atoms with Gasteiger partial charge in [-0.3, -0.25) is 0 Å². The number of benzene rings is 1. The highest BCUT2D eigenvalue weighted by molar-refractivity contribution is 6.31. The molecular weight excluding hydrogens is 284 g/mol. The van der Waals surface area contributed by atoms with Gasteiger partial charge in [0.15, 0.2) is 0 Å². The molecule has 2 amide bonds. The monoisotopic (exact) mass is 300 g/mol. The number of hydrogen-bond donors (Lipinski definition) is 3. The number of ether oxygens (including phenoxy) is 1. The molecule has 0 aliphatic rings. The molecule has 110 valence electrons. The van der Waals surface area contributed by atoms with E-state index in [1.807, 2.05) is 6.92 Å². The molecule has 0 aromatic heterocycles. The summed E-state index contributed by atoms with van der Waals surface area (Å²) >= 11 is 5.81. The number of carboxylic acids is 1. The highest BCUT2D eigenvalue weighted by Gasteiger charge is 2.12. The predicted molar refractivity (Wildman–Crippen MR) is 76.5 cm³/mol. The molecule has 0 bridgehead atoms. The van der Waals surface area contributed by atoms with E-state index in [2.05, 4.69) is 10.6 Å². The van der Waals surface area contributed by atoms with Gasteiger partial charge in [0.25, 0.3) is 0 Å². The van der Waals surface area contributed by atoms with Gasteiger partial charge in [-0.25, -0.2) is 9.59 Å². The standard InChI is InChI=1S/C13H17ClN2O4/c1-3-10(7-20-2)15-13(19)16-11-5-8(12(17)18)4-9(14)6-11/h4-6,10H,3,7H2,1-2H3,(H,17,18)(H2,15,16,19). The largest absolute Gasteiger partial charge is 0.478 e. The summed E-state index contributed by atoms with van der Waals surface area (Å²) in [5.41, 5.74) is 0.330. The quantitative estimate of drug-likeness (QED) is 0.753. The molecule has 0 saturated carbocycles. The van der Waals surface area contributed by atoms with E-state index in [0.717, 1.165) is 6.42 Å². The van der Waals surface area contributed by atoms with E-state index in [1.165, 1.54) is 18.2 Å². The maximum absolute atomic E-state index is 11.8. The van der Waals surface area contributed by atoms with E-state index in [1.54, 1.807) is 7.11 Å². The fraction of sp³-hybridized carbons (Fsp3) is 0.385. The minimum Gasteiger partial charge on any atom is -0.478 e. The van der Waals surface area contributed by atoms with Crippen molar-refractivity contribution in [2.24, 2.45) is 0 Å². The zero-order valence-electron chi connectivity index (χ0n) is 11.3. The van der Waals surface area contributed by atoms with Crippen LogP contribution in [-0.2, 0) is 4.74 Å². The van der Waals surface area contributed by atoms with Crippen molar-refractivity contribution in [2.45, 2.75) is 19.4 Å². The predicted octanol–water partition coefficient (Wildman–Crippen LogP) is 2.58. The summed E-state index contributed by atoms with van der Waals surface area (Å²) in [6.07, 6.45) is 0.719. The second-order valence-corrected chi connectivity index (χ2v) is 4.63. The zero-order valence-corrected chi connectivity index (χ0v) is 12.0. The molecule has 1 unspecified atom stereocenters. The molecule has 6 nitrogen and oxygen atoms in total. The van der Waals surface area contributed by atoms with Gasteiger partial charge in [-0.1, -0.05) is 18.5 Å². The van der Waals surface area contributed by atoms with E-state index >= 15 is 0 Å². The summed E-state index contributed by atoms with van der Waals surface area (Å²) in [4.78, 5) is 22.7. The van der Waals surface area contributed by atoms with Gasteiger partial charge >= 0.3 is 12.0 Å². The van der Waals surface area contributed by atoms with Gasteiger partial charge in [0.2, 0.25) is 0 Å². The number of aromatic carboxylic acids is 1. The van der Waals surface area contributed by atoms with Gasteiger partial charge in [0.05, 0.1) is 18.2 Å². The van der Waals surface area contributed by atoms with Crippen LogP contribution in [0.4, 0.5) is 10.5 Å². The minimum atomic E-state index is -1.11. The Bertz CT molecular complexity index is 493. The number of nitrogens with one attached hydrogen (secondary N) is 2. The molecule has 7 heteroatoms. The molecule has 0 aliphatic heterocycles. The summed E-state index contributed by atoms with van der Waals surface area (Å²) in [5, 5.41) is 14.4. The van der Waals surface area contributed by atoms with Crippen LogP contribution in [0.3, 0.4) is 0 Å². The molecule has 0 heterocycles. The van der Waals surface area contributed by atoms with Gasteiger partial charge in [0, 0.05) is 17.8 Å². The molecule has 0 aliphatic carbocycles. The van der Waals surface area contributed by atoms with E-state index < -0.39 is 12.0 Å². The molecule has 1 rings (SSSR count). The van der Waals surface area contributed by atoms with E-state index in [-0.39, 0.29) is 16.6 Å². The number of rotatable bonds is 6. The van der Waals surface area contributed by atoms with Crippen molar-refractivity contribution in [3.8, 4) is 0 Å². The number of carbonyl (C=O) groups is 2. The van der Waals surface area contributed by atoms with Crippen molar-refractivity contribution < 1.29 is 19.4 Å². The Labute approximate surface area is 122 Å². The topological polar surface area (TPSA) is 87.7 Å². The summed E-state index contributed by atoms with van der Waals surface area (Å²) < 4.78 is 4.97. The maximum atomic E-state index is 11.8. The molecule has 1 atom stereocenters. The Kier molecular flexibility index (Phi) is 6.27. The Morgan fingerprint density at radius 3 is 2.65 bits per heavy atom. The van der Waals surface area contributed by atoms with E-state index in [4.69, 9.17) is 21.4 Å². The lowest BCUT2D eigenvalue weighted by molar-refractivity contribution is 0.0697. The van der Waals surface area contributed by atoms with Crippen molar-refractivity contribution in [3.63, 3.8) is 0 Å². The molecule has 0 fully saturated rings. The molecule has 0 saturated heterocycles.